The maximum absolute atomic E-state index is 13.8. The average Bonchev–Trinajstić information content (AvgIpc) is 3.53. The third kappa shape index (κ3) is 4.76. The van der Waals surface area contributed by atoms with Gasteiger partial charge in [0.15, 0.2) is 30.6 Å². The van der Waals surface area contributed by atoms with Gasteiger partial charge >= 0.3 is 0 Å². The van der Waals surface area contributed by atoms with Crippen molar-refractivity contribution < 1.29 is 28.2 Å². The molecule has 0 bridgehead atoms. The molecule has 34 heavy (non-hydrogen) atoms. The molecule has 174 valence electrons. The number of nitrogens with one attached hydrogen (secondary N) is 1. The average molecular weight is 482 g/mol. The van der Waals surface area contributed by atoms with E-state index in [2.05, 4.69) is 10.3 Å². The highest BCUT2D eigenvalue weighted by Gasteiger charge is 2.29. The smallest absolute Gasteiger partial charge is 0.270 e. The minimum absolute atomic E-state index is 0.0146. The van der Waals surface area contributed by atoms with Gasteiger partial charge in [0.05, 0.1) is 12.2 Å². The Morgan fingerprint density at radius 3 is 2.85 bits per heavy atom. The molecule has 1 aliphatic heterocycles. The molecule has 2 aromatic carbocycles. The van der Waals surface area contributed by atoms with Gasteiger partial charge < -0.3 is 14.8 Å². The van der Waals surface area contributed by atoms with Gasteiger partial charge in [-0.2, -0.15) is 0 Å². The van der Waals surface area contributed by atoms with E-state index < -0.39 is 5.82 Å². The van der Waals surface area contributed by atoms with Crippen molar-refractivity contribution in [2.45, 2.75) is 25.4 Å². The molecule has 3 aromatic rings. The van der Waals surface area contributed by atoms with Gasteiger partial charge in [0.25, 0.3) is 11.8 Å². The lowest BCUT2D eigenvalue weighted by molar-refractivity contribution is -0.121. The summed E-state index contributed by atoms with van der Waals surface area (Å²) in [4.78, 5) is 43.4. The van der Waals surface area contributed by atoms with Crippen LogP contribution in [0.3, 0.4) is 0 Å². The van der Waals surface area contributed by atoms with E-state index in [4.69, 9.17) is 9.47 Å². The first-order valence-electron chi connectivity index (χ1n) is 10.7. The minimum Gasteiger partial charge on any atom is -0.482 e. The summed E-state index contributed by atoms with van der Waals surface area (Å²) in [5.41, 5.74) is 1.04. The van der Waals surface area contributed by atoms with E-state index in [9.17, 15) is 18.8 Å². The van der Waals surface area contributed by atoms with Gasteiger partial charge in [-0.25, -0.2) is 9.37 Å². The number of carbonyl (C=O) groups is 3. The zero-order valence-electron chi connectivity index (χ0n) is 18.0. The number of para-hydroxylation sites is 1. The molecule has 1 saturated carbocycles. The van der Waals surface area contributed by atoms with Gasteiger partial charge in [-0.15, -0.1) is 11.3 Å². The highest BCUT2D eigenvalue weighted by atomic mass is 32.1. The van der Waals surface area contributed by atoms with Gasteiger partial charge in [-0.05, 0) is 43.2 Å². The van der Waals surface area contributed by atoms with Crippen molar-refractivity contribution in [1.82, 2.24) is 10.3 Å². The topological polar surface area (TPSA) is 97.8 Å². The Labute approximate surface area is 198 Å². The second-order valence-electron chi connectivity index (χ2n) is 7.97. The lowest BCUT2D eigenvalue weighted by atomic mass is 10.1. The van der Waals surface area contributed by atoms with Crippen molar-refractivity contribution in [2.24, 2.45) is 0 Å². The zero-order valence-corrected chi connectivity index (χ0v) is 18.8. The number of hydrogen-bond acceptors (Lipinski definition) is 7. The summed E-state index contributed by atoms with van der Waals surface area (Å²) in [7, 11) is 0. The number of aromatic nitrogens is 1. The predicted molar refractivity (Wildman–Crippen MR) is 122 cm³/mol. The first-order chi connectivity index (χ1) is 16.5. The van der Waals surface area contributed by atoms with Crippen LogP contribution in [0.15, 0.2) is 47.8 Å². The number of benzene rings is 2. The molecule has 2 aliphatic rings. The Balaban J connectivity index is 1.32. The summed E-state index contributed by atoms with van der Waals surface area (Å²) in [6.45, 7) is -0.364. The highest BCUT2D eigenvalue weighted by molar-refractivity contribution is 7.09. The number of carbonyl (C=O) groups excluding carboxylic acids is 3. The fourth-order valence-corrected chi connectivity index (χ4v) is 4.21. The first-order valence-corrected chi connectivity index (χ1v) is 11.6. The van der Waals surface area contributed by atoms with Crippen LogP contribution in [0.5, 0.6) is 11.5 Å². The Hall–Kier alpha value is -3.79. The van der Waals surface area contributed by atoms with Crippen molar-refractivity contribution in [3.8, 4) is 11.5 Å². The number of amides is 2. The largest absolute Gasteiger partial charge is 0.482 e. The number of hydrogen-bond donors (Lipinski definition) is 1. The number of Topliss-reactive ketones (excluding diaryl/α,β-unsaturated/α-hetero) is 1. The molecule has 0 saturated heterocycles. The van der Waals surface area contributed by atoms with Crippen LogP contribution in [-0.4, -0.2) is 41.8 Å². The summed E-state index contributed by atoms with van der Waals surface area (Å²) in [6, 6.07) is 10.8. The molecule has 10 heteroatoms. The molecule has 0 unspecified atom stereocenters. The maximum Gasteiger partial charge on any atom is 0.270 e. The van der Waals surface area contributed by atoms with Crippen molar-refractivity contribution in [3.05, 3.63) is 69.9 Å². The summed E-state index contributed by atoms with van der Waals surface area (Å²) in [5.74, 6) is -1.01. The molecule has 0 atom stereocenters. The van der Waals surface area contributed by atoms with E-state index in [1.165, 1.54) is 34.4 Å². The number of thiazole rings is 1. The highest BCUT2D eigenvalue weighted by Crippen LogP contribution is 2.34. The quantitative estimate of drug-likeness (QED) is 0.496. The molecule has 2 amide bonds. The van der Waals surface area contributed by atoms with Gasteiger partial charge in [0.1, 0.15) is 16.5 Å². The standard InChI is InChI=1S/C24H20FN3O5S/c25-16-3-1-2-4-20(16)32-11-19(29)14-5-8-21-18(9-14)28(23(30)12-33-21)10-22-27-17(13-34-22)24(31)26-15-6-7-15/h1-5,8-9,13,15H,6-7,10-12H2,(H,26,31). The molecule has 2 heterocycles. The van der Waals surface area contributed by atoms with E-state index >= 15 is 0 Å². The van der Waals surface area contributed by atoms with Crippen molar-refractivity contribution in [2.75, 3.05) is 18.1 Å². The molecular formula is C24H20FN3O5S. The summed E-state index contributed by atoms with van der Waals surface area (Å²) >= 11 is 1.28. The van der Waals surface area contributed by atoms with E-state index in [0.29, 0.717) is 27.7 Å². The van der Waals surface area contributed by atoms with Crippen LogP contribution < -0.4 is 19.7 Å². The van der Waals surface area contributed by atoms with Crippen LogP contribution in [0.2, 0.25) is 0 Å². The summed E-state index contributed by atoms with van der Waals surface area (Å²) < 4.78 is 24.6. The van der Waals surface area contributed by atoms with Crippen molar-refractivity contribution in [1.29, 1.82) is 0 Å². The number of halogens is 1. The molecule has 0 radical (unpaired) electrons. The molecule has 8 nitrogen and oxygen atoms in total. The Bertz CT molecular complexity index is 1270. The SMILES string of the molecule is O=C(COc1ccccc1F)c1ccc2c(c1)N(Cc1nc(C(=O)NC3CC3)cs1)C(=O)CO2. The van der Waals surface area contributed by atoms with Crippen molar-refractivity contribution >= 4 is 34.6 Å². The number of ether oxygens (including phenoxy) is 2. The molecule has 1 aliphatic carbocycles. The van der Waals surface area contributed by atoms with Crippen molar-refractivity contribution in [3.63, 3.8) is 0 Å². The molecule has 1 aromatic heterocycles. The second kappa shape index (κ2) is 9.22. The van der Waals surface area contributed by atoms with E-state index in [0.717, 1.165) is 12.8 Å². The normalized spacial score (nSPS) is 14.9. The number of fused-ring (bicyclic) bond motifs is 1. The van der Waals surface area contributed by atoms with Gasteiger partial charge in [0.2, 0.25) is 0 Å². The van der Waals surface area contributed by atoms with Gasteiger partial charge in [-0.3, -0.25) is 19.3 Å². The predicted octanol–water partition coefficient (Wildman–Crippen LogP) is 3.36. The fourth-order valence-electron chi connectivity index (χ4n) is 3.45. The molecule has 5 rings (SSSR count). The molecule has 1 fully saturated rings. The number of anilines is 1. The molecular weight excluding hydrogens is 461 g/mol. The molecule has 0 spiro atoms. The van der Waals surface area contributed by atoms with Crippen LogP contribution >= 0.6 is 11.3 Å². The fraction of sp³-hybridized carbons (Fsp3) is 0.250. The number of nitrogens with zero attached hydrogens (tertiary/aromatic N) is 2. The van der Waals surface area contributed by atoms with Gasteiger partial charge in [-0.1, -0.05) is 12.1 Å². The first kappa shape index (κ1) is 22.0. The second-order valence-corrected chi connectivity index (χ2v) is 8.91. The van der Waals surface area contributed by atoms with E-state index in [1.54, 1.807) is 29.6 Å². The van der Waals surface area contributed by atoms with E-state index in [1.807, 2.05) is 0 Å². The van der Waals surface area contributed by atoms with Crippen LogP contribution in [0.4, 0.5) is 10.1 Å². The summed E-state index contributed by atoms with van der Waals surface area (Å²) in [6.07, 6.45) is 1.96. The van der Waals surface area contributed by atoms with Crippen LogP contribution in [0, 0.1) is 5.82 Å². The summed E-state index contributed by atoms with van der Waals surface area (Å²) in [5, 5.41) is 5.14. The Kier molecular flexibility index (Phi) is 5.97. The lowest BCUT2D eigenvalue weighted by Gasteiger charge is -2.29. The lowest BCUT2D eigenvalue weighted by Crippen LogP contribution is -2.38. The number of ketones is 1. The minimum atomic E-state index is -0.556. The third-order valence-electron chi connectivity index (χ3n) is 5.41. The van der Waals surface area contributed by atoms with Crippen LogP contribution in [-0.2, 0) is 11.3 Å². The zero-order chi connectivity index (χ0) is 23.7. The Morgan fingerprint density at radius 1 is 1.24 bits per heavy atom. The van der Waals surface area contributed by atoms with Crippen LogP contribution in [0.25, 0.3) is 0 Å². The number of rotatable bonds is 8. The van der Waals surface area contributed by atoms with E-state index in [-0.39, 0.29) is 49.1 Å². The molecule has 1 N–H and O–H groups in total. The monoisotopic (exact) mass is 481 g/mol. The Morgan fingerprint density at radius 2 is 2.06 bits per heavy atom. The van der Waals surface area contributed by atoms with Gasteiger partial charge in [0, 0.05) is 17.0 Å². The third-order valence-corrected chi connectivity index (χ3v) is 6.24. The maximum atomic E-state index is 13.8. The van der Waals surface area contributed by atoms with Crippen LogP contribution in [0.1, 0.15) is 38.7 Å².